The van der Waals surface area contributed by atoms with Gasteiger partial charge in [-0.05, 0) is 88.8 Å². The number of piperidine rings is 1. The molecule has 1 amide bonds. The molecule has 1 aliphatic heterocycles. The van der Waals surface area contributed by atoms with Gasteiger partial charge in [0.2, 0.25) is 5.91 Å². The molecule has 6 nitrogen and oxygen atoms in total. The number of nitrogens with zero attached hydrogens (tertiary/aromatic N) is 2. The monoisotopic (exact) mass is 505 g/mol. The van der Waals surface area contributed by atoms with Crippen LogP contribution in [0.4, 0.5) is 5.82 Å². The Morgan fingerprint density at radius 1 is 1.03 bits per heavy atom. The Bertz CT molecular complexity index is 1050. The molecule has 2 aliphatic rings. The quantitative estimate of drug-likeness (QED) is 0.460. The van der Waals surface area contributed by atoms with E-state index in [4.69, 9.17) is 9.72 Å². The second kappa shape index (κ2) is 12.1. The van der Waals surface area contributed by atoms with E-state index in [9.17, 15) is 9.59 Å². The number of esters is 1. The summed E-state index contributed by atoms with van der Waals surface area (Å²) in [4.78, 5) is 32.7. The molecule has 0 unspecified atom stereocenters. The molecule has 2 heterocycles. The average Bonchev–Trinajstić information content (AvgIpc) is 2.93. The lowest BCUT2D eigenvalue weighted by atomic mass is 9.70. The molecule has 2 fully saturated rings. The van der Waals surface area contributed by atoms with E-state index in [1.54, 1.807) is 0 Å². The molecule has 0 atom stereocenters. The first-order valence-electron chi connectivity index (χ1n) is 14.1. The lowest BCUT2D eigenvalue weighted by molar-refractivity contribution is -0.157. The summed E-state index contributed by atoms with van der Waals surface area (Å²) in [5.74, 6) is 1.44. The number of pyridine rings is 1. The van der Waals surface area contributed by atoms with Crippen molar-refractivity contribution in [2.75, 3.05) is 24.6 Å². The van der Waals surface area contributed by atoms with Gasteiger partial charge in [0.05, 0.1) is 12.0 Å². The Kier molecular flexibility index (Phi) is 8.88. The Labute approximate surface area is 222 Å². The van der Waals surface area contributed by atoms with E-state index in [-0.39, 0.29) is 23.8 Å². The number of anilines is 1. The summed E-state index contributed by atoms with van der Waals surface area (Å²) in [6.45, 7) is 10.1. The Morgan fingerprint density at radius 2 is 1.70 bits per heavy atom. The summed E-state index contributed by atoms with van der Waals surface area (Å²) in [5.41, 5.74) is 3.12. The fraction of sp³-hybridized carbons (Fsp3) is 0.581. The molecule has 1 saturated carbocycles. The third kappa shape index (κ3) is 6.34. The third-order valence-corrected chi connectivity index (χ3v) is 8.48. The number of carbonyl (C=O) groups excluding carboxylic acids is 2. The van der Waals surface area contributed by atoms with Crippen LogP contribution in [0, 0.1) is 17.3 Å². The number of hydrogen-bond donors (Lipinski definition) is 1. The van der Waals surface area contributed by atoms with Crippen molar-refractivity contribution < 1.29 is 14.3 Å². The predicted octanol–water partition coefficient (Wildman–Crippen LogP) is 5.79. The number of benzene rings is 1. The van der Waals surface area contributed by atoms with E-state index < -0.39 is 5.41 Å². The van der Waals surface area contributed by atoms with E-state index in [1.807, 2.05) is 33.0 Å². The zero-order valence-electron chi connectivity index (χ0n) is 23.0. The van der Waals surface area contributed by atoms with Crippen LogP contribution in [0.2, 0.25) is 0 Å². The summed E-state index contributed by atoms with van der Waals surface area (Å²) in [6, 6.07) is 12.9. The van der Waals surface area contributed by atoms with Crippen LogP contribution in [-0.4, -0.2) is 42.6 Å². The van der Waals surface area contributed by atoms with Gasteiger partial charge in [0.25, 0.3) is 0 Å². The number of rotatable bonds is 8. The number of amides is 1. The minimum absolute atomic E-state index is 0.0417. The molecule has 0 radical (unpaired) electrons. The van der Waals surface area contributed by atoms with E-state index in [1.165, 1.54) is 16.7 Å². The van der Waals surface area contributed by atoms with Crippen LogP contribution < -0.4 is 10.2 Å². The summed E-state index contributed by atoms with van der Waals surface area (Å²) >= 11 is 0. The maximum absolute atomic E-state index is 13.1. The zero-order chi connectivity index (χ0) is 26.4. The van der Waals surface area contributed by atoms with Gasteiger partial charge < -0.3 is 15.0 Å². The zero-order valence-corrected chi connectivity index (χ0v) is 23.0. The molecule has 200 valence electrons. The van der Waals surface area contributed by atoms with Gasteiger partial charge in [0.1, 0.15) is 5.82 Å². The maximum atomic E-state index is 13.1. The number of ether oxygens (including phenoxy) is 1. The molecule has 1 saturated heterocycles. The highest BCUT2D eigenvalue weighted by Gasteiger charge is 2.40. The first-order chi connectivity index (χ1) is 17.8. The van der Waals surface area contributed by atoms with Crippen molar-refractivity contribution in [3.63, 3.8) is 0 Å². The standard InChI is InChI=1S/C31H43N3O3/c1-5-22-20-27(23-10-8-7-9-11-23)28(32-21-22)34-18-16-24(17-19-34)29(35)33-26-14-12-25(13-15-26)31(3,4)30(36)37-6-2/h7-11,20-21,24-26H,5-6,12-19H2,1-4H3,(H,33,35). The van der Waals surface area contributed by atoms with Gasteiger partial charge in [-0.2, -0.15) is 0 Å². The summed E-state index contributed by atoms with van der Waals surface area (Å²) < 4.78 is 5.30. The molecule has 37 heavy (non-hydrogen) atoms. The van der Waals surface area contributed by atoms with Crippen LogP contribution in [0.25, 0.3) is 11.1 Å². The largest absolute Gasteiger partial charge is 0.466 e. The van der Waals surface area contributed by atoms with E-state index >= 15 is 0 Å². The number of aryl methyl sites for hydroxylation is 1. The van der Waals surface area contributed by atoms with Crippen LogP contribution in [-0.2, 0) is 20.7 Å². The topological polar surface area (TPSA) is 71.5 Å². The molecule has 2 aromatic rings. The van der Waals surface area contributed by atoms with Crippen LogP contribution in [0.5, 0.6) is 0 Å². The van der Waals surface area contributed by atoms with Crippen molar-refractivity contribution in [2.45, 2.75) is 78.7 Å². The minimum Gasteiger partial charge on any atom is -0.466 e. The lowest BCUT2D eigenvalue weighted by Gasteiger charge is -2.38. The van der Waals surface area contributed by atoms with Gasteiger partial charge in [0.15, 0.2) is 0 Å². The lowest BCUT2D eigenvalue weighted by Crippen LogP contribution is -2.46. The summed E-state index contributed by atoms with van der Waals surface area (Å²) in [6.07, 6.45) is 8.34. The molecule has 1 aromatic heterocycles. The van der Waals surface area contributed by atoms with Crippen molar-refractivity contribution in [2.24, 2.45) is 17.3 Å². The van der Waals surface area contributed by atoms with Gasteiger partial charge in [-0.15, -0.1) is 0 Å². The molecule has 0 spiro atoms. The van der Waals surface area contributed by atoms with Crippen molar-refractivity contribution in [1.29, 1.82) is 0 Å². The first-order valence-corrected chi connectivity index (χ1v) is 14.1. The van der Waals surface area contributed by atoms with Gasteiger partial charge in [-0.1, -0.05) is 37.3 Å². The highest BCUT2D eigenvalue weighted by atomic mass is 16.5. The second-order valence-corrected chi connectivity index (χ2v) is 11.2. The first kappa shape index (κ1) is 27.2. The summed E-state index contributed by atoms with van der Waals surface area (Å²) in [7, 11) is 0. The van der Waals surface area contributed by atoms with Crippen LogP contribution in [0.3, 0.4) is 0 Å². The molecular weight excluding hydrogens is 462 g/mol. The average molecular weight is 506 g/mol. The van der Waals surface area contributed by atoms with Crippen molar-refractivity contribution >= 4 is 17.7 Å². The third-order valence-electron chi connectivity index (χ3n) is 8.48. The van der Waals surface area contributed by atoms with Crippen molar-refractivity contribution in [3.05, 3.63) is 48.2 Å². The fourth-order valence-electron chi connectivity index (χ4n) is 5.89. The molecule has 0 bridgehead atoms. The highest BCUT2D eigenvalue weighted by Crippen LogP contribution is 2.39. The Balaban J connectivity index is 1.31. The Hall–Kier alpha value is -2.89. The van der Waals surface area contributed by atoms with E-state index in [2.05, 4.69) is 47.5 Å². The molecule has 1 N–H and O–H groups in total. The maximum Gasteiger partial charge on any atom is 0.311 e. The molecular formula is C31H43N3O3. The smallest absolute Gasteiger partial charge is 0.311 e. The molecule has 6 heteroatoms. The summed E-state index contributed by atoms with van der Waals surface area (Å²) in [5, 5.41) is 3.33. The van der Waals surface area contributed by atoms with Crippen LogP contribution in [0.1, 0.15) is 71.8 Å². The van der Waals surface area contributed by atoms with E-state index in [0.29, 0.717) is 12.5 Å². The van der Waals surface area contributed by atoms with Crippen LogP contribution in [0.15, 0.2) is 42.6 Å². The minimum atomic E-state index is -0.472. The molecule has 1 aliphatic carbocycles. The molecule has 4 rings (SSSR count). The fourth-order valence-corrected chi connectivity index (χ4v) is 5.89. The van der Waals surface area contributed by atoms with Gasteiger partial charge >= 0.3 is 5.97 Å². The number of hydrogen-bond acceptors (Lipinski definition) is 5. The SMILES string of the molecule is CCOC(=O)C(C)(C)C1CCC(NC(=O)C2CCN(c3ncc(CC)cc3-c3ccccc3)CC2)CC1. The van der Waals surface area contributed by atoms with Crippen molar-refractivity contribution in [1.82, 2.24) is 10.3 Å². The van der Waals surface area contributed by atoms with Crippen molar-refractivity contribution in [3.8, 4) is 11.1 Å². The second-order valence-electron chi connectivity index (χ2n) is 11.2. The van der Waals surface area contributed by atoms with E-state index in [0.717, 1.165) is 63.9 Å². The number of carbonyl (C=O) groups is 2. The van der Waals surface area contributed by atoms with Gasteiger partial charge in [-0.25, -0.2) is 4.98 Å². The highest BCUT2D eigenvalue weighted by molar-refractivity contribution is 5.80. The van der Waals surface area contributed by atoms with Gasteiger partial charge in [0, 0.05) is 36.8 Å². The Morgan fingerprint density at radius 3 is 2.32 bits per heavy atom. The van der Waals surface area contributed by atoms with Gasteiger partial charge in [-0.3, -0.25) is 9.59 Å². The normalized spacial score (nSPS) is 20.9. The molecule has 1 aromatic carbocycles. The predicted molar refractivity (Wildman–Crippen MR) is 148 cm³/mol. The van der Waals surface area contributed by atoms with Crippen LogP contribution >= 0.6 is 0 Å². The number of aromatic nitrogens is 1. The number of nitrogens with one attached hydrogen (secondary N) is 1.